The van der Waals surface area contributed by atoms with E-state index in [1.54, 1.807) is 0 Å². The number of ether oxygens (including phenoxy) is 1. The van der Waals surface area contributed by atoms with Crippen molar-refractivity contribution in [1.29, 1.82) is 0 Å². The van der Waals surface area contributed by atoms with Crippen molar-refractivity contribution in [2.75, 3.05) is 0 Å². The Kier molecular flexibility index (Phi) is 3.35. The van der Waals surface area contributed by atoms with Crippen molar-refractivity contribution in [3.05, 3.63) is 29.8 Å². The van der Waals surface area contributed by atoms with Gasteiger partial charge in [0.2, 0.25) is 5.91 Å². The Morgan fingerprint density at radius 2 is 2.10 bits per heavy atom. The van der Waals surface area contributed by atoms with Gasteiger partial charge in [-0.3, -0.25) is 9.59 Å². The van der Waals surface area contributed by atoms with Gasteiger partial charge in [-0.2, -0.15) is 0 Å². The summed E-state index contributed by atoms with van der Waals surface area (Å²) in [5.41, 5.74) is -0.382. The Hall–Kier alpha value is -2.04. The Bertz CT molecular complexity index is 556. The number of carboxylic acid groups (broad SMARTS) is 1. The summed E-state index contributed by atoms with van der Waals surface area (Å²) in [5, 5.41) is 12.3. The molecule has 21 heavy (non-hydrogen) atoms. The molecule has 5 nitrogen and oxygen atoms in total. The van der Waals surface area contributed by atoms with E-state index in [1.807, 2.05) is 24.3 Å². The maximum atomic E-state index is 12.3. The highest BCUT2D eigenvalue weighted by Crippen LogP contribution is 2.35. The zero-order valence-corrected chi connectivity index (χ0v) is 12.0. The van der Waals surface area contributed by atoms with Crippen molar-refractivity contribution in [3.63, 3.8) is 0 Å². The van der Waals surface area contributed by atoms with Crippen LogP contribution in [-0.4, -0.2) is 29.1 Å². The highest BCUT2D eigenvalue weighted by atomic mass is 16.5. The quantitative estimate of drug-likeness (QED) is 0.810. The zero-order valence-electron chi connectivity index (χ0n) is 12.0. The van der Waals surface area contributed by atoms with Gasteiger partial charge in [0.25, 0.3) is 0 Å². The van der Waals surface area contributed by atoms with Crippen molar-refractivity contribution < 1.29 is 19.4 Å². The standard InChI is InChI=1S/C16H19NO4/c1-16(15(19)20,14(18)17-11-6-7-11)9-12-8-10-4-2-3-5-13(10)21-12/h2-5,11-12H,6-9H2,1H3,(H,17,18)(H,19,20). The van der Waals surface area contributed by atoms with E-state index < -0.39 is 17.3 Å². The number of amides is 1. The minimum absolute atomic E-state index is 0.151. The van der Waals surface area contributed by atoms with Gasteiger partial charge in [-0.1, -0.05) is 18.2 Å². The fourth-order valence-electron chi connectivity index (χ4n) is 2.67. The first kappa shape index (κ1) is 13.9. The Morgan fingerprint density at radius 3 is 2.71 bits per heavy atom. The number of fused-ring (bicyclic) bond motifs is 1. The largest absolute Gasteiger partial charge is 0.490 e. The van der Waals surface area contributed by atoms with Crippen LogP contribution in [0.25, 0.3) is 0 Å². The van der Waals surface area contributed by atoms with Crippen LogP contribution in [0.1, 0.15) is 31.7 Å². The fourth-order valence-corrected chi connectivity index (χ4v) is 2.67. The molecule has 0 aromatic heterocycles. The summed E-state index contributed by atoms with van der Waals surface area (Å²) >= 11 is 0. The first-order chi connectivity index (χ1) is 9.99. The second kappa shape index (κ2) is 5.06. The van der Waals surface area contributed by atoms with E-state index in [-0.39, 0.29) is 18.6 Å². The van der Waals surface area contributed by atoms with Crippen LogP contribution < -0.4 is 10.1 Å². The Balaban J connectivity index is 1.71. The van der Waals surface area contributed by atoms with Crippen LogP contribution >= 0.6 is 0 Å². The number of para-hydroxylation sites is 1. The minimum Gasteiger partial charge on any atom is -0.490 e. The van der Waals surface area contributed by atoms with Gasteiger partial charge in [-0.05, 0) is 31.4 Å². The summed E-state index contributed by atoms with van der Waals surface area (Å²) in [6.45, 7) is 1.49. The lowest BCUT2D eigenvalue weighted by Crippen LogP contribution is -2.47. The molecule has 1 amide bonds. The van der Waals surface area contributed by atoms with E-state index in [2.05, 4.69) is 5.32 Å². The van der Waals surface area contributed by atoms with Gasteiger partial charge < -0.3 is 15.2 Å². The molecule has 3 rings (SSSR count). The van der Waals surface area contributed by atoms with Gasteiger partial charge in [-0.15, -0.1) is 0 Å². The van der Waals surface area contributed by atoms with Crippen molar-refractivity contribution in [2.45, 2.75) is 44.8 Å². The lowest BCUT2D eigenvalue weighted by Gasteiger charge is -2.26. The number of carbonyl (C=O) groups excluding carboxylic acids is 1. The van der Waals surface area contributed by atoms with E-state index in [0.717, 1.165) is 24.2 Å². The monoisotopic (exact) mass is 289 g/mol. The molecule has 1 heterocycles. The van der Waals surface area contributed by atoms with Crippen LogP contribution in [0.3, 0.4) is 0 Å². The number of carbonyl (C=O) groups is 2. The van der Waals surface area contributed by atoms with Gasteiger partial charge in [0.15, 0.2) is 0 Å². The molecular formula is C16H19NO4. The summed E-state index contributed by atoms with van der Waals surface area (Å²) in [7, 11) is 0. The van der Waals surface area contributed by atoms with Crippen LogP contribution in [0, 0.1) is 5.41 Å². The van der Waals surface area contributed by atoms with Gasteiger partial charge >= 0.3 is 5.97 Å². The van der Waals surface area contributed by atoms with Crippen LogP contribution in [-0.2, 0) is 16.0 Å². The van der Waals surface area contributed by atoms with E-state index in [4.69, 9.17) is 4.74 Å². The lowest BCUT2D eigenvalue weighted by molar-refractivity contribution is -0.156. The van der Waals surface area contributed by atoms with E-state index in [9.17, 15) is 14.7 Å². The van der Waals surface area contributed by atoms with Gasteiger partial charge in [0, 0.05) is 18.9 Å². The molecule has 1 aromatic carbocycles. The number of carboxylic acids is 1. The number of hydrogen-bond acceptors (Lipinski definition) is 3. The molecule has 112 valence electrons. The fraction of sp³-hybridized carbons (Fsp3) is 0.500. The van der Waals surface area contributed by atoms with E-state index >= 15 is 0 Å². The molecule has 0 spiro atoms. The predicted octanol–water partition coefficient (Wildman–Crippen LogP) is 1.75. The number of hydrogen-bond donors (Lipinski definition) is 2. The molecular weight excluding hydrogens is 270 g/mol. The molecule has 0 saturated heterocycles. The highest BCUT2D eigenvalue weighted by Gasteiger charge is 2.46. The average molecular weight is 289 g/mol. The molecule has 1 saturated carbocycles. The molecule has 2 unspecified atom stereocenters. The molecule has 2 N–H and O–H groups in total. The number of aliphatic carboxylic acids is 1. The zero-order chi connectivity index (χ0) is 15.0. The maximum absolute atomic E-state index is 12.3. The summed E-state index contributed by atoms with van der Waals surface area (Å²) in [6, 6.07) is 7.81. The molecule has 0 bridgehead atoms. The smallest absolute Gasteiger partial charge is 0.319 e. The molecule has 0 radical (unpaired) electrons. The first-order valence-electron chi connectivity index (χ1n) is 7.28. The van der Waals surface area contributed by atoms with Crippen molar-refractivity contribution in [1.82, 2.24) is 5.32 Å². The summed E-state index contributed by atoms with van der Waals surface area (Å²) < 4.78 is 5.78. The molecule has 5 heteroatoms. The topological polar surface area (TPSA) is 75.6 Å². The third kappa shape index (κ3) is 2.73. The Labute approximate surface area is 123 Å². The Morgan fingerprint density at radius 1 is 1.38 bits per heavy atom. The van der Waals surface area contributed by atoms with Crippen molar-refractivity contribution in [3.8, 4) is 5.75 Å². The second-order valence-corrected chi connectivity index (χ2v) is 6.14. The molecule has 1 fully saturated rings. The summed E-state index contributed by atoms with van der Waals surface area (Å²) in [5.74, 6) is -0.713. The molecule has 1 aromatic rings. The third-order valence-electron chi connectivity index (χ3n) is 4.24. The SMILES string of the molecule is CC(CC1Cc2ccccc2O1)(C(=O)O)C(=O)NC1CC1. The molecule has 2 aliphatic rings. The molecule has 1 aliphatic carbocycles. The predicted molar refractivity (Wildman–Crippen MR) is 76.1 cm³/mol. The van der Waals surface area contributed by atoms with Crippen LogP contribution in [0.2, 0.25) is 0 Å². The van der Waals surface area contributed by atoms with Crippen molar-refractivity contribution in [2.24, 2.45) is 5.41 Å². The maximum Gasteiger partial charge on any atom is 0.319 e. The minimum atomic E-state index is -1.45. The average Bonchev–Trinajstić information content (AvgIpc) is 3.16. The van der Waals surface area contributed by atoms with Crippen LogP contribution in [0.4, 0.5) is 0 Å². The van der Waals surface area contributed by atoms with Gasteiger partial charge in [0.05, 0.1) is 0 Å². The second-order valence-electron chi connectivity index (χ2n) is 6.14. The number of benzene rings is 1. The highest BCUT2D eigenvalue weighted by molar-refractivity contribution is 6.01. The van der Waals surface area contributed by atoms with Crippen molar-refractivity contribution >= 4 is 11.9 Å². The first-order valence-corrected chi connectivity index (χ1v) is 7.28. The summed E-state index contributed by atoms with van der Waals surface area (Å²) in [4.78, 5) is 23.9. The van der Waals surface area contributed by atoms with Crippen LogP contribution in [0.15, 0.2) is 24.3 Å². The normalized spacial score (nSPS) is 22.8. The summed E-state index contributed by atoms with van der Waals surface area (Å²) in [6.07, 6.45) is 2.43. The third-order valence-corrected chi connectivity index (χ3v) is 4.24. The number of nitrogens with one attached hydrogen (secondary N) is 1. The molecule has 2 atom stereocenters. The molecule has 1 aliphatic heterocycles. The van der Waals surface area contributed by atoms with Gasteiger partial charge in [-0.25, -0.2) is 0 Å². The van der Waals surface area contributed by atoms with E-state index in [0.29, 0.717) is 6.42 Å². The number of rotatable bonds is 5. The van der Waals surface area contributed by atoms with Gasteiger partial charge in [0.1, 0.15) is 17.3 Å². The lowest BCUT2D eigenvalue weighted by atomic mass is 9.82. The van der Waals surface area contributed by atoms with E-state index in [1.165, 1.54) is 6.92 Å². The van der Waals surface area contributed by atoms with Crippen LogP contribution in [0.5, 0.6) is 5.75 Å².